The molecule has 20 heavy (non-hydrogen) atoms. The summed E-state index contributed by atoms with van der Waals surface area (Å²) in [6.45, 7) is 15.3. The fraction of sp³-hybridized carbons (Fsp3) is 1.00. The van der Waals surface area contributed by atoms with Crippen LogP contribution in [0.15, 0.2) is 0 Å². The van der Waals surface area contributed by atoms with Crippen LogP contribution >= 0.6 is 0 Å². The molecule has 3 heteroatoms. The monoisotopic (exact) mass is 284 g/mol. The predicted molar refractivity (Wildman–Crippen MR) is 86.9 cm³/mol. The first-order chi connectivity index (χ1) is 9.43. The predicted octanol–water partition coefficient (Wildman–Crippen LogP) is 3.28. The maximum atomic E-state index is 6.27. The van der Waals surface area contributed by atoms with Crippen molar-refractivity contribution >= 4 is 0 Å². The van der Waals surface area contributed by atoms with Gasteiger partial charge in [0.15, 0.2) is 0 Å². The zero-order valence-corrected chi connectivity index (χ0v) is 14.3. The number of hydrogen-bond donors (Lipinski definition) is 1. The molecule has 0 bridgehead atoms. The molecule has 1 saturated heterocycles. The molecule has 2 N–H and O–H groups in total. The highest BCUT2D eigenvalue weighted by Crippen LogP contribution is 2.31. The summed E-state index contributed by atoms with van der Waals surface area (Å²) in [4.78, 5) is 2.61. The fourth-order valence-corrected chi connectivity index (χ4v) is 3.85. The lowest BCUT2D eigenvalue weighted by Crippen LogP contribution is -2.57. The molecule has 0 radical (unpaired) electrons. The third kappa shape index (κ3) is 5.01. The molecule has 1 rings (SSSR count). The van der Waals surface area contributed by atoms with Crippen molar-refractivity contribution in [2.75, 3.05) is 26.2 Å². The van der Waals surface area contributed by atoms with Gasteiger partial charge in [-0.3, -0.25) is 4.90 Å². The van der Waals surface area contributed by atoms with Crippen molar-refractivity contribution < 1.29 is 4.74 Å². The molecule has 1 unspecified atom stereocenters. The smallest absolute Gasteiger partial charge is 0.0703 e. The standard InChI is InChI=1S/C17H36N2O/c1-6-19(12-16-8-7-9-20-16)17(13-18,10-14(2)3)11-15(4)5/h14-16H,6-13,18H2,1-5H3. The van der Waals surface area contributed by atoms with Gasteiger partial charge in [0.2, 0.25) is 0 Å². The summed E-state index contributed by atoms with van der Waals surface area (Å²) >= 11 is 0. The van der Waals surface area contributed by atoms with Gasteiger partial charge in [0.25, 0.3) is 0 Å². The largest absolute Gasteiger partial charge is 0.377 e. The Bertz CT molecular complexity index is 250. The van der Waals surface area contributed by atoms with Crippen molar-refractivity contribution in [1.82, 2.24) is 4.90 Å². The van der Waals surface area contributed by atoms with Crippen LogP contribution in [0.1, 0.15) is 60.3 Å². The van der Waals surface area contributed by atoms with Crippen LogP contribution in [0.2, 0.25) is 0 Å². The van der Waals surface area contributed by atoms with Gasteiger partial charge in [-0.2, -0.15) is 0 Å². The molecular weight excluding hydrogens is 248 g/mol. The molecule has 0 saturated carbocycles. The summed E-state index contributed by atoms with van der Waals surface area (Å²) in [5.41, 5.74) is 6.41. The summed E-state index contributed by atoms with van der Waals surface area (Å²) in [6, 6.07) is 0. The van der Waals surface area contributed by atoms with Gasteiger partial charge < -0.3 is 10.5 Å². The molecular formula is C17H36N2O. The van der Waals surface area contributed by atoms with Crippen LogP contribution < -0.4 is 5.73 Å². The second kappa shape index (κ2) is 8.35. The van der Waals surface area contributed by atoms with Crippen molar-refractivity contribution in [1.29, 1.82) is 0 Å². The number of likely N-dealkylation sites (N-methyl/N-ethyl adjacent to an activating group) is 1. The third-order valence-corrected chi connectivity index (χ3v) is 4.46. The Labute approximate surface area is 126 Å². The normalized spacial score (nSPS) is 20.6. The van der Waals surface area contributed by atoms with E-state index in [4.69, 9.17) is 10.5 Å². The number of rotatable bonds is 9. The van der Waals surface area contributed by atoms with Gasteiger partial charge in [0.05, 0.1) is 6.10 Å². The van der Waals surface area contributed by atoms with Crippen LogP contribution in [0.3, 0.4) is 0 Å². The second-order valence-corrected chi connectivity index (χ2v) is 7.30. The Balaban J connectivity index is 2.84. The van der Waals surface area contributed by atoms with Crippen molar-refractivity contribution in [2.24, 2.45) is 17.6 Å². The van der Waals surface area contributed by atoms with E-state index in [1.807, 2.05) is 0 Å². The minimum atomic E-state index is 0.142. The number of ether oxygens (including phenoxy) is 1. The molecule has 0 spiro atoms. The average molecular weight is 284 g/mol. The minimum Gasteiger partial charge on any atom is -0.377 e. The summed E-state index contributed by atoms with van der Waals surface area (Å²) < 4.78 is 5.85. The lowest BCUT2D eigenvalue weighted by molar-refractivity contribution is 0.00479. The van der Waals surface area contributed by atoms with E-state index in [1.165, 1.54) is 25.7 Å². The van der Waals surface area contributed by atoms with Crippen LogP contribution in [-0.4, -0.2) is 42.8 Å². The van der Waals surface area contributed by atoms with E-state index in [0.29, 0.717) is 17.9 Å². The third-order valence-electron chi connectivity index (χ3n) is 4.46. The Morgan fingerprint density at radius 2 is 1.80 bits per heavy atom. The molecule has 0 amide bonds. The zero-order chi connectivity index (χ0) is 15.2. The molecule has 1 aliphatic heterocycles. The lowest BCUT2D eigenvalue weighted by Gasteiger charge is -2.46. The van der Waals surface area contributed by atoms with Crippen molar-refractivity contribution in [3.8, 4) is 0 Å². The topological polar surface area (TPSA) is 38.5 Å². The highest BCUT2D eigenvalue weighted by atomic mass is 16.5. The van der Waals surface area contributed by atoms with E-state index in [2.05, 4.69) is 39.5 Å². The van der Waals surface area contributed by atoms with E-state index in [1.54, 1.807) is 0 Å². The van der Waals surface area contributed by atoms with E-state index >= 15 is 0 Å². The molecule has 1 atom stereocenters. The van der Waals surface area contributed by atoms with Crippen LogP contribution in [0.4, 0.5) is 0 Å². The molecule has 0 aromatic rings. The van der Waals surface area contributed by atoms with Gasteiger partial charge in [0.1, 0.15) is 0 Å². The molecule has 3 nitrogen and oxygen atoms in total. The SMILES string of the molecule is CCN(CC1CCCO1)C(CN)(CC(C)C)CC(C)C. The molecule has 120 valence electrons. The van der Waals surface area contributed by atoms with Crippen LogP contribution in [0.5, 0.6) is 0 Å². The summed E-state index contributed by atoms with van der Waals surface area (Å²) in [5.74, 6) is 1.35. The zero-order valence-electron chi connectivity index (χ0n) is 14.3. The van der Waals surface area contributed by atoms with Gasteiger partial charge in [-0.05, 0) is 44.1 Å². The van der Waals surface area contributed by atoms with Crippen LogP contribution in [-0.2, 0) is 4.74 Å². The molecule has 0 aliphatic carbocycles. The summed E-state index contributed by atoms with van der Waals surface area (Å²) in [7, 11) is 0. The van der Waals surface area contributed by atoms with Gasteiger partial charge in [-0.15, -0.1) is 0 Å². The average Bonchev–Trinajstić information content (AvgIpc) is 2.86. The summed E-state index contributed by atoms with van der Waals surface area (Å²) in [5, 5.41) is 0. The molecule has 1 heterocycles. The lowest BCUT2D eigenvalue weighted by atomic mass is 9.80. The van der Waals surface area contributed by atoms with E-state index in [9.17, 15) is 0 Å². The van der Waals surface area contributed by atoms with Crippen molar-refractivity contribution in [3.05, 3.63) is 0 Å². The highest BCUT2D eigenvalue weighted by Gasteiger charge is 2.37. The van der Waals surface area contributed by atoms with Crippen LogP contribution in [0, 0.1) is 11.8 Å². The van der Waals surface area contributed by atoms with E-state index in [0.717, 1.165) is 26.2 Å². The molecule has 1 aliphatic rings. The van der Waals surface area contributed by atoms with Gasteiger partial charge in [-0.1, -0.05) is 34.6 Å². The Morgan fingerprint density at radius 1 is 1.20 bits per heavy atom. The van der Waals surface area contributed by atoms with Crippen LogP contribution in [0.25, 0.3) is 0 Å². The minimum absolute atomic E-state index is 0.142. The quantitative estimate of drug-likeness (QED) is 0.706. The first kappa shape index (κ1) is 17.9. The Hall–Kier alpha value is -0.120. The van der Waals surface area contributed by atoms with Gasteiger partial charge >= 0.3 is 0 Å². The van der Waals surface area contributed by atoms with E-state index in [-0.39, 0.29) is 5.54 Å². The number of hydrogen-bond acceptors (Lipinski definition) is 3. The van der Waals surface area contributed by atoms with Gasteiger partial charge in [-0.25, -0.2) is 0 Å². The highest BCUT2D eigenvalue weighted by molar-refractivity contribution is 4.94. The first-order valence-electron chi connectivity index (χ1n) is 8.50. The summed E-state index contributed by atoms with van der Waals surface area (Å²) in [6.07, 6.45) is 5.21. The van der Waals surface area contributed by atoms with E-state index < -0.39 is 0 Å². The van der Waals surface area contributed by atoms with Crippen molar-refractivity contribution in [2.45, 2.75) is 71.9 Å². The van der Waals surface area contributed by atoms with Gasteiger partial charge in [0, 0.05) is 25.2 Å². The first-order valence-corrected chi connectivity index (χ1v) is 8.50. The fourth-order valence-electron chi connectivity index (χ4n) is 3.85. The second-order valence-electron chi connectivity index (χ2n) is 7.30. The Kier molecular flexibility index (Phi) is 7.49. The maximum absolute atomic E-state index is 6.27. The molecule has 0 aromatic heterocycles. The number of nitrogens with zero attached hydrogens (tertiary/aromatic N) is 1. The number of nitrogens with two attached hydrogens (primary N) is 1. The Morgan fingerprint density at radius 3 is 2.15 bits per heavy atom. The molecule has 0 aromatic carbocycles. The van der Waals surface area contributed by atoms with Crippen molar-refractivity contribution in [3.63, 3.8) is 0 Å². The molecule has 1 fully saturated rings. The maximum Gasteiger partial charge on any atom is 0.0703 e.